The van der Waals surface area contributed by atoms with Crippen LogP contribution in [0.3, 0.4) is 0 Å². The van der Waals surface area contributed by atoms with Crippen molar-refractivity contribution in [1.82, 2.24) is 19.7 Å². The maximum Gasteiger partial charge on any atom is 0.417 e. The van der Waals surface area contributed by atoms with Crippen LogP contribution in [0.15, 0.2) is 60.8 Å². The Labute approximate surface area is 266 Å². The maximum absolute atomic E-state index is 14.5. The molecule has 5 rings (SSSR count). The van der Waals surface area contributed by atoms with E-state index in [1.807, 2.05) is 0 Å². The van der Waals surface area contributed by atoms with Gasteiger partial charge in [0, 0.05) is 50.8 Å². The zero-order chi connectivity index (χ0) is 33.2. The van der Waals surface area contributed by atoms with Gasteiger partial charge in [0.2, 0.25) is 5.91 Å². The van der Waals surface area contributed by atoms with E-state index < -0.39 is 53.3 Å². The quantitative estimate of drug-likeness (QED) is 0.285. The molecule has 3 heterocycles. The first-order valence-electron chi connectivity index (χ1n) is 14.7. The number of halogens is 6. The molecule has 2 aliphatic heterocycles. The van der Waals surface area contributed by atoms with Gasteiger partial charge in [0.25, 0.3) is 5.91 Å². The van der Waals surface area contributed by atoms with Crippen LogP contribution in [0.1, 0.15) is 47.3 Å². The number of piperidine rings is 1. The highest BCUT2D eigenvalue weighted by Crippen LogP contribution is 2.35. The van der Waals surface area contributed by atoms with Crippen molar-refractivity contribution in [3.63, 3.8) is 0 Å². The summed E-state index contributed by atoms with van der Waals surface area (Å²) >= 11 is 5.92. The Morgan fingerprint density at radius 2 is 1.67 bits per heavy atom. The van der Waals surface area contributed by atoms with Gasteiger partial charge in [-0.2, -0.15) is 13.2 Å². The van der Waals surface area contributed by atoms with Gasteiger partial charge >= 0.3 is 12.3 Å². The molecule has 244 valence electrons. The Morgan fingerprint density at radius 3 is 2.26 bits per heavy atom. The third kappa shape index (κ3) is 7.24. The number of carbonyl (C=O) groups excluding carboxylic acids is 3. The van der Waals surface area contributed by atoms with Gasteiger partial charge in [0.05, 0.1) is 16.6 Å². The summed E-state index contributed by atoms with van der Waals surface area (Å²) in [5.74, 6) is -2.64. The van der Waals surface area contributed by atoms with Crippen molar-refractivity contribution in [2.75, 3.05) is 32.7 Å². The minimum Gasteiger partial charge on any atom is -0.410 e. The fourth-order valence-corrected chi connectivity index (χ4v) is 6.07. The first kappa shape index (κ1) is 33.1. The molecule has 2 aromatic carbocycles. The molecule has 3 amide bonds. The van der Waals surface area contributed by atoms with E-state index in [1.54, 1.807) is 17.9 Å². The third-order valence-corrected chi connectivity index (χ3v) is 8.71. The van der Waals surface area contributed by atoms with E-state index in [0.29, 0.717) is 24.6 Å². The van der Waals surface area contributed by atoms with Crippen LogP contribution in [-0.4, -0.2) is 76.4 Å². The lowest BCUT2D eigenvalue weighted by molar-refractivity contribution is -0.138. The Bertz CT molecular complexity index is 1580. The number of likely N-dealkylation sites (N-methyl/N-ethyl adjacent to an activating group) is 1. The van der Waals surface area contributed by atoms with Crippen LogP contribution in [0.5, 0.6) is 5.75 Å². The molecule has 2 aliphatic rings. The summed E-state index contributed by atoms with van der Waals surface area (Å²) in [6.45, 7) is 2.67. The Morgan fingerprint density at radius 1 is 0.978 bits per heavy atom. The minimum atomic E-state index is -4.57. The van der Waals surface area contributed by atoms with Gasteiger partial charge in [-0.15, -0.1) is 0 Å². The molecule has 46 heavy (non-hydrogen) atoms. The van der Waals surface area contributed by atoms with E-state index in [4.69, 9.17) is 16.3 Å². The molecular weight excluding hydrogens is 635 g/mol. The monoisotopic (exact) mass is 664 g/mol. The number of hydrogen-bond acceptors (Lipinski definition) is 5. The lowest BCUT2D eigenvalue weighted by Gasteiger charge is -2.33. The summed E-state index contributed by atoms with van der Waals surface area (Å²) in [6, 6.07) is 10.6. The van der Waals surface area contributed by atoms with Crippen molar-refractivity contribution in [3.05, 3.63) is 94.3 Å². The van der Waals surface area contributed by atoms with E-state index in [0.717, 1.165) is 24.3 Å². The number of alkyl halides is 3. The molecule has 0 bridgehead atoms. The van der Waals surface area contributed by atoms with Gasteiger partial charge in [-0.1, -0.05) is 17.7 Å². The van der Waals surface area contributed by atoms with Gasteiger partial charge in [-0.3, -0.25) is 14.6 Å². The second kappa shape index (κ2) is 13.6. The van der Waals surface area contributed by atoms with E-state index in [9.17, 15) is 36.3 Å². The van der Waals surface area contributed by atoms with Crippen molar-refractivity contribution in [2.45, 2.75) is 37.9 Å². The molecule has 8 nitrogen and oxygen atoms in total. The number of aromatic nitrogens is 1. The lowest BCUT2D eigenvalue weighted by atomic mass is 9.93. The average molecular weight is 665 g/mol. The van der Waals surface area contributed by atoms with Crippen molar-refractivity contribution in [2.24, 2.45) is 5.92 Å². The number of nitrogens with zero attached hydrogens (tertiary/aromatic N) is 4. The number of pyridine rings is 1. The molecule has 14 heteroatoms. The summed E-state index contributed by atoms with van der Waals surface area (Å²) in [4.78, 5) is 48.1. The molecule has 0 aliphatic carbocycles. The van der Waals surface area contributed by atoms with Crippen LogP contribution in [0, 0.1) is 17.6 Å². The highest BCUT2D eigenvalue weighted by Gasteiger charge is 2.43. The smallest absolute Gasteiger partial charge is 0.410 e. The van der Waals surface area contributed by atoms with Crippen LogP contribution in [0.25, 0.3) is 0 Å². The summed E-state index contributed by atoms with van der Waals surface area (Å²) in [6.07, 6.45) is -4.03. The summed E-state index contributed by atoms with van der Waals surface area (Å²) in [5.41, 5.74) is -0.535. The van der Waals surface area contributed by atoms with Crippen molar-refractivity contribution in [1.29, 1.82) is 0 Å². The SMILES string of the molecule is CCN(C(=O)Oc1ccc(F)cc1)[C@@H]1CN(C(=O)C2CCN(C(=O)c3ccc(C(F)(F)F)cn3)CC2)C[C@H]1c1ccc(Cl)c(F)c1. The minimum absolute atomic E-state index is 0.0675. The lowest BCUT2D eigenvalue weighted by Crippen LogP contribution is -2.47. The molecular formula is C32H30ClF5N4O4. The topological polar surface area (TPSA) is 83.0 Å². The number of carbonyl (C=O) groups is 3. The largest absolute Gasteiger partial charge is 0.417 e. The standard InChI is InChI=1S/C32H30ClF5N4O4/c1-2-42(31(45)46-23-7-5-22(34)6-8-23)28-18-41(17-24(28)20-3-9-25(33)26(35)15-20)29(43)19-11-13-40(14-12-19)30(44)27-10-4-21(16-39-27)32(36,37)38/h3-10,15-16,19,24,28H,2,11-14,17-18H2,1H3/t24-,28+/m0/s1. The molecule has 0 unspecified atom stereocenters. The molecule has 1 aromatic heterocycles. The molecule has 0 spiro atoms. The van der Waals surface area contributed by atoms with E-state index in [2.05, 4.69) is 4.98 Å². The number of rotatable bonds is 6. The fraction of sp³-hybridized carbons (Fsp3) is 0.375. The predicted molar refractivity (Wildman–Crippen MR) is 157 cm³/mol. The molecule has 0 radical (unpaired) electrons. The first-order valence-corrected chi connectivity index (χ1v) is 15.0. The van der Waals surface area contributed by atoms with Crippen LogP contribution < -0.4 is 4.74 Å². The molecule has 2 saturated heterocycles. The molecule has 2 atom stereocenters. The predicted octanol–water partition coefficient (Wildman–Crippen LogP) is 6.40. The first-order chi connectivity index (χ1) is 21.8. The number of ether oxygens (including phenoxy) is 1. The second-order valence-electron chi connectivity index (χ2n) is 11.2. The number of likely N-dealkylation sites (tertiary alicyclic amines) is 2. The van der Waals surface area contributed by atoms with E-state index in [-0.39, 0.29) is 55.1 Å². The number of benzene rings is 2. The molecule has 3 aromatic rings. The third-order valence-electron chi connectivity index (χ3n) is 8.41. The average Bonchev–Trinajstić information content (AvgIpc) is 3.48. The number of amides is 3. The van der Waals surface area contributed by atoms with Gasteiger partial charge in [-0.05, 0) is 73.9 Å². The van der Waals surface area contributed by atoms with Crippen molar-refractivity contribution < 1.29 is 41.1 Å². The van der Waals surface area contributed by atoms with Crippen LogP contribution in [0.2, 0.25) is 5.02 Å². The van der Waals surface area contributed by atoms with Gasteiger partial charge in [0.15, 0.2) is 0 Å². The van der Waals surface area contributed by atoms with Crippen LogP contribution in [-0.2, 0) is 11.0 Å². The van der Waals surface area contributed by atoms with Crippen LogP contribution >= 0.6 is 11.6 Å². The van der Waals surface area contributed by atoms with E-state index >= 15 is 0 Å². The Balaban J connectivity index is 1.28. The fourth-order valence-electron chi connectivity index (χ4n) is 5.95. The van der Waals surface area contributed by atoms with Crippen LogP contribution in [0.4, 0.5) is 26.7 Å². The normalized spacial score (nSPS) is 18.8. The molecule has 0 saturated carbocycles. The zero-order valence-electron chi connectivity index (χ0n) is 24.6. The van der Waals surface area contributed by atoms with E-state index in [1.165, 1.54) is 34.1 Å². The van der Waals surface area contributed by atoms with Crippen molar-refractivity contribution >= 4 is 29.5 Å². The Hall–Kier alpha value is -4.26. The van der Waals surface area contributed by atoms with Crippen molar-refractivity contribution in [3.8, 4) is 5.75 Å². The van der Waals surface area contributed by atoms with Gasteiger partial charge in [-0.25, -0.2) is 13.6 Å². The summed E-state index contributed by atoms with van der Waals surface area (Å²) < 4.78 is 72.0. The molecule has 0 N–H and O–H groups in total. The van der Waals surface area contributed by atoms with Gasteiger partial charge < -0.3 is 19.4 Å². The van der Waals surface area contributed by atoms with Gasteiger partial charge in [0.1, 0.15) is 23.1 Å². The highest BCUT2D eigenvalue weighted by molar-refractivity contribution is 6.30. The highest BCUT2D eigenvalue weighted by atomic mass is 35.5. The second-order valence-corrected chi connectivity index (χ2v) is 11.6. The molecule has 2 fully saturated rings. The number of hydrogen-bond donors (Lipinski definition) is 0. The maximum atomic E-state index is 14.5. The Kier molecular flexibility index (Phi) is 9.80. The summed E-state index contributed by atoms with van der Waals surface area (Å²) in [5, 5.41) is -0.0675. The zero-order valence-corrected chi connectivity index (χ0v) is 25.4. The summed E-state index contributed by atoms with van der Waals surface area (Å²) in [7, 11) is 0.